The third-order valence-corrected chi connectivity index (χ3v) is 3.10. The quantitative estimate of drug-likeness (QED) is 0.774. The van der Waals surface area contributed by atoms with Gasteiger partial charge in [-0.25, -0.2) is 0 Å². The van der Waals surface area contributed by atoms with Crippen LogP contribution in [0.1, 0.15) is 52.3 Å². The molecule has 0 aromatic carbocycles. The standard InChI is InChI=1S/C14H27N3O/c1-5-14(6-2)17-8-7-13(16-17)9-12(15)10-18-11(3)4/h7-8,11-12,14H,5-6,9-10,15H2,1-4H3. The molecule has 0 aliphatic carbocycles. The minimum Gasteiger partial charge on any atom is -0.377 e. The van der Waals surface area contributed by atoms with Crippen LogP contribution in [-0.2, 0) is 11.2 Å². The highest BCUT2D eigenvalue weighted by Crippen LogP contribution is 2.14. The van der Waals surface area contributed by atoms with Crippen molar-refractivity contribution >= 4 is 0 Å². The molecule has 0 amide bonds. The van der Waals surface area contributed by atoms with Crippen molar-refractivity contribution in [1.82, 2.24) is 9.78 Å². The van der Waals surface area contributed by atoms with Crippen LogP contribution in [0.4, 0.5) is 0 Å². The molecule has 1 rings (SSSR count). The molecular formula is C14H27N3O. The van der Waals surface area contributed by atoms with E-state index in [1.54, 1.807) is 0 Å². The van der Waals surface area contributed by atoms with Gasteiger partial charge in [0.15, 0.2) is 0 Å². The first-order valence-corrected chi connectivity index (χ1v) is 6.98. The van der Waals surface area contributed by atoms with Crippen molar-refractivity contribution in [3.63, 3.8) is 0 Å². The van der Waals surface area contributed by atoms with Gasteiger partial charge < -0.3 is 10.5 Å². The van der Waals surface area contributed by atoms with E-state index in [0.29, 0.717) is 12.6 Å². The van der Waals surface area contributed by atoms with E-state index in [9.17, 15) is 0 Å². The van der Waals surface area contributed by atoms with Gasteiger partial charge in [0.05, 0.1) is 24.4 Å². The van der Waals surface area contributed by atoms with Gasteiger partial charge in [0.1, 0.15) is 0 Å². The van der Waals surface area contributed by atoms with Crippen LogP contribution >= 0.6 is 0 Å². The molecule has 0 aliphatic heterocycles. The summed E-state index contributed by atoms with van der Waals surface area (Å²) in [6, 6.07) is 2.59. The average molecular weight is 253 g/mol. The minimum absolute atomic E-state index is 0.0254. The largest absolute Gasteiger partial charge is 0.377 e. The van der Waals surface area contributed by atoms with Gasteiger partial charge in [0.2, 0.25) is 0 Å². The van der Waals surface area contributed by atoms with Crippen LogP contribution in [0.15, 0.2) is 12.3 Å². The number of aromatic nitrogens is 2. The molecule has 1 unspecified atom stereocenters. The lowest BCUT2D eigenvalue weighted by Gasteiger charge is -2.14. The molecule has 1 heterocycles. The summed E-state index contributed by atoms with van der Waals surface area (Å²) in [6.07, 6.45) is 5.29. The van der Waals surface area contributed by atoms with Crippen molar-refractivity contribution in [2.75, 3.05) is 6.61 Å². The Morgan fingerprint density at radius 2 is 2.00 bits per heavy atom. The van der Waals surface area contributed by atoms with E-state index in [1.165, 1.54) is 0 Å². The Hall–Kier alpha value is -0.870. The molecule has 2 N–H and O–H groups in total. The summed E-state index contributed by atoms with van der Waals surface area (Å²) in [5.74, 6) is 0. The first kappa shape index (κ1) is 15.2. The minimum atomic E-state index is 0.0254. The lowest BCUT2D eigenvalue weighted by molar-refractivity contribution is 0.0682. The molecule has 4 nitrogen and oxygen atoms in total. The molecule has 0 saturated carbocycles. The summed E-state index contributed by atoms with van der Waals surface area (Å²) in [7, 11) is 0. The van der Waals surface area contributed by atoms with E-state index in [1.807, 2.05) is 13.8 Å². The number of nitrogens with two attached hydrogens (primary N) is 1. The summed E-state index contributed by atoms with van der Waals surface area (Å²) >= 11 is 0. The normalized spacial score (nSPS) is 13.5. The average Bonchev–Trinajstić information content (AvgIpc) is 2.76. The second kappa shape index (κ2) is 7.54. The molecule has 104 valence electrons. The summed E-state index contributed by atoms with van der Waals surface area (Å²) in [5.41, 5.74) is 7.09. The molecule has 0 radical (unpaired) electrons. The van der Waals surface area contributed by atoms with Gasteiger partial charge in [-0.2, -0.15) is 5.10 Å². The molecule has 0 saturated heterocycles. The molecule has 1 atom stereocenters. The first-order chi connectivity index (χ1) is 8.56. The lowest BCUT2D eigenvalue weighted by atomic mass is 10.2. The predicted octanol–water partition coefficient (Wildman–Crippen LogP) is 2.54. The van der Waals surface area contributed by atoms with Crippen LogP contribution in [0.5, 0.6) is 0 Å². The molecule has 1 aromatic rings. The fourth-order valence-electron chi connectivity index (χ4n) is 2.00. The first-order valence-electron chi connectivity index (χ1n) is 6.98. The fourth-order valence-corrected chi connectivity index (χ4v) is 2.00. The second-order valence-electron chi connectivity index (χ2n) is 5.10. The molecule has 18 heavy (non-hydrogen) atoms. The van der Waals surface area contributed by atoms with Crippen LogP contribution in [0, 0.1) is 0 Å². The van der Waals surface area contributed by atoms with Crippen LogP contribution < -0.4 is 5.73 Å². The van der Waals surface area contributed by atoms with Gasteiger partial charge in [0, 0.05) is 18.7 Å². The summed E-state index contributed by atoms with van der Waals surface area (Å²) in [5, 5.41) is 4.60. The summed E-state index contributed by atoms with van der Waals surface area (Å²) < 4.78 is 7.57. The molecule has 0 spiro atoms. The maximum absolute atomic E-state index is 6.03. The Bertz CT molecular complexity index is 332. The highest BCUT2D eigenvalue weighted by atomic mass is 16.5. The monoisotopic (exact) mass is 253 g/mol. The van der Waals surface area contributed by atoms with Crippen molar-refractivity contribution in [3.05, 3.63) is 18.0 Å². The van der Waals surface area contributed by atoms with Gasteiger partial charge in [0.25, 0.3) is 0 Å². The van der Waals surface area contributed by atoms with Gasteiger partial charge in [-0.05, 0) is 32.8 Å². The highest BCUT2D eigenvalue weighted by Gasteiger charge is 2.11. The smallest absolute Gasteiger partial charge is 0.0641 e. The SMILES string of the molecule is CCC(CC)n1ccc(CC(N)COC(C)C)n1. The van der Waals surface area contributed by atoms with E-state index in [0.717, 1.165) is 25.0 Å². The van der Waals surface area contributed by atoms with E-state index in [2.05, 4.69) is 35.9 Å². The lowest BCUT2D eigenvalue weighted by Crippen LogP contribution is -2.30. The molecule has 0 bridgehead atoms. The molecule has 0 aliphatic rings. The van der Waals surface area contributed by atoms with Crippen LogP contribution in [-0.4, -0.2) is 28.5 Å². The van der Waals surface area contributed by atoms with Gasteiger partial charge >= 0.3 is 0 Å². The van der Waals surface area contributed by atoms with Crippen molar-refractivity contribution in [2.45, 2.75) is 65.1 Å². The van der Waals surface area contributed by atoms with Gasteiger partial charge in [-0.15, -0.1) is 0 Å². The van der Waals surface area contributed by atoms with Crippen molar-refractivity contribution in [2.24, 2.45) is 5.73 Å². The maximum Gasteiger partial charge on any atom is 0.0641 e. The van der Waals surface area contributed by atoms with E-state index in [4.69, 9.17) is 10.5 Å². The van der Waals surface area contributed by atoms with E-state index >= 15 is 0 Å². The van der Waals surface area contributed by atoms with Gasteiger partial charge in [-0.1, -0.05) is 13.8 Å². The Morgan fingerprint density at radius 3 is 2.56 bits per heavy atom. The third kappa shape index (κ3) is 4.78. The van der Waals surface area contributed by atoms with Gasteiger partial charge in [-0.3, -0.25) is 4.68 Å². The zero-order valence-electron chi connectivity index (χ0n) is 12.1. The van der Waals surface area contributed by atoms with Crippen LogP contribution in [0.25, 0.3) is 0 Å². The maximum atomic E-state index is 6.03. The number of hydrogen-bond acceptors (Lipinski definition) is 3. The van der Waals surface area contributed by atoms with E-state index in [-0.39, 0.29) is 12.1 Å². The Balaban J connectivity index is 2.48. The zero-order valence-corrected chi connectivity index (χ0v) is 12.1. The third-order valence-electron chi connectivity index (χ3n) is 3.10. The summed E-state index contributed by atoms with van der Waals surface area (Å²) in [6.45, 7) is 9.02. The van der Waals surface area contributed by atoms with Crippen LogP contribution in [0.3, 0.4) is 0 Å². The number of hydrogen-bond donors (Lipinski definition) is 1. The Labute approximate surface area is 111 Å². The van der Waals surface area contributed by atoms with Crippen LogP contribution in [0.2, 0.25) is 0 Å². The Kier molecular flexibility index (Phi) is 6.36. The number of rotatable bonds is 8. The predicted molar refractivity (Wildman–Crippen MR) is 74.6 cm³/mol. The number of nitrogens with zero attached hydrogens (tertiary/aromatic N) is 2. The fraction of sp³-hybridized carbons (Fsp3) is 0.786. The second-order valence-corrected chi connectivity index (χ2v) is 5.10. The van der Waals surface area contributed by atoms with Crippen molar-refractivity contribution < 1.29 is 4.74 Å². The van der Waals surface area contributed by atoms with E-state index < -0.39 is 0 Å². The summed E-state index contributed by atoms with van der Waals surface area (Å²) in [4.78, 5) is 0. The van der Waals surface area contributed by atoms with Crippen molar-refractivity contribution in [3.8, 4) is 0 Å². The number of ether oxygens (including phenoxy) is 1. The highest BCUT2D eigenvalue weighted by molar-refractivity contribution is 5.02. The zero-order chi connectivity index (χ0) is 13.5. The molecule has 0 fully saturated rings. The molecule has 4 heteroatoms. The Morgan fingerprint density at radius 1 is 1.33 bits per heavy atom. The molecular weight excluding hydrogens is 226 g/mol. The van der Waals surface area contributed by atoms with Crippen molar-refractivity contribution in [1.29, 1.82) is 0 Å². The topological polar surface area (TPSA) is 53.1 Å². The molecule has 1 aromatic heterocycles.